The molecule has 8 heteroatoms. The number of nitrogens with one attached hydrogen (secondary N) is 1. The number of hydrogen-bond donors (Lipinski definition) is 1. The normalized spacial score (nSPS) is 12.1. The fourth-order valence-corrected chi connectivity index (χ4v) is 1.79. The molecule has 0 saturated heterocycles. The van der Waals surface area contributed by atoms with Gasteiger partial charge in [-0.2, -0.15) is 18.3 Å². The largest absolute Gasteiger partial charge is 0.419 e. The second kappa shape index (κ2) is 5.80. The molecule has 21 heavy (non-hydrogen) atoms. The molecule has 0 unspecified atom stereocenters. The summed E-state index contributed by atoms with van der Waals surface area (Å²) in [7, 11) is 1.74. The second-order valence-electron chi connectivity index (χ2n) is 4.92. The van der Waals surface area contributed by atoms with Gasteiger partial charge in [0.2, 0.25) is 0 Å². The van der Waals surface area contributed by atoms with E-state index in [1.165, 1.54) is 6.20 Å². The molecule has 114 valence electrons. The van der Waals surface area contributed by atoms with E-state index in [0.717, 1.165) is 17.1 Å². The number of alkyl halides is 3. The molecule has 5 nitrogen and oxygen atoms in total. The molecule has 2 aromatic heterocycles. The van der Waals surface area contributed by atoms with E-state index in [2.05, 4.69) is 20.4 Å². The van der Waals surface area contributed by atoms with Crippen LogP contribution in [-0.4, -0.2) is 26.8 Å². The summed E-state index contributed by atoms with van der Waals surface area (Å²) in [5.41, 5.74) is 0.239. The van der Waals surface area contributed by atoms with Crippen molar-refractivity contribution >= 4 is 0 Å². The predicted octanol–water partition coefficient (Wildman–Crippen LogP) is 2.52. The summed E-state index contributed by atoms with van der Waals surface area (Å²) in [6.07, 6.45) is -1.19. The Morgan fingerprint density at radius 2 is 2.00 bits per heavy atom. The van der Waals surface area contributed by atoms with Crippen LogP contribution in [0.25, 0.3) is 5.69 Å². The van der Waals surface area contributed by atoms with Crippen molar-refractivity contribution in [2.24, 2.45) is 0 Å². The van der Waals surface area contributed by atoms with Crippen LogP contribution < -0.4 is 5.32 Å². The van der Waals surface area contributed by atoms with Crippen molar-refractivity contribution in [2.45, 2.75) is 32.5 Å². The highest BCUT2D eigenvalue weighted by molar-refractivity contribution is 5.35. The van der Waals surface area contributed by atoms with Crippen molar-refractivity contribution < 1.29 is 13.2 Å². The van der Waals surface area contributed by atoms with Gasteiger partial charge in [-0.15, -0.1) is 0 Å². The lowest BCUT2D eigenvalue weighted by atomic mass is 10.2. The van der Waals surface area contributed by atoms with Gasteiger partial charge in [-0.3, -0.25) is 0 Å². The Morgan fingerprint density at radius 3 is 2.52 bits per heavy atom. The maximum Gasteiger partial charge on any atom is 0.419 e. The summed E-state index contributed by atoms with van der Waals surface area (Å²) in [5.74, 6) is 0.783. The maximum absolute atomic E-state index is 12.6. The summed E-state index contributed by atoms with van der Waals surface area (Å²) >= 11 is 0. The van der Waals surface area contributed by atoms with E-state index in [1.807, 2.05) is 13.8 Å². The van der Waals surface area contributed by atoms with Crippen molar-refractivity contribution in [2.75, 3.05) is 7.05 Å². The molecule has 1 N–H and O–H groups in total. The minimum atomic E-state index is -4.42. The van der Waals surface area contributed by atoms with Gasteiger partial charge in [0, 0.05) is 18.7 Å². The first-order chi connectivity index (χ1) is 9.82. The van der Waals surface area contributed by atoms with E-state index in [-0.39, 0.29) is 5.92 Å². The van der Waals surface area contributed by atoms with Gasteiger partial charge >= 0.3 is 6.18 Å². The van der Waals surface area contributed by atoms with E-state index in [1.54, 1.807) is 7.05 Å². The summed E-state index contributed by atoms with van der Waals surface area (Å²) in [6, 6.07) is 0. The zero-order chi connectivity index (χ0) is 15.6. The van der Waals surface area contributed by atoms with Crippen LogP contribution in [0.3, 0.4) is 0 Å². The summed E-state index contributed by atoms with van der Waals surface area (Å²) in [6.45, 7) is 4.32. The van der Waals surface area contributed by atoms with E-state index in [0.29, 0.717) is 23.8 Å². The predicted molar refractivity (Wildman–Crippen MR) is 71.0 cm³/mol. The SMILES string of the molecule is CNCc1nc(C(C)C)ncc1-n1cc(C(F)(F)F)cn1. The highest BCUT2D eigenvalue weighted by Crippen LogP contribution is 2.29. The van der Waals surface area contributed by atoms with E-state index in [9.17, 15) is 13.2 Å². The van der Waals surface area contributed by atoms with Gasteiger partial charge in [-0.1, -0.05) is 13.8 Å². The van der Waals surface area contributed by atoms with Crippen LogP contribution in [-0.2, 0) is 12.7 Å². The molecule has 0 atom stereocenters. The fourth-order valence-electron chi connectivity index (χ4n) is 1.79. The number of hydrogen-bond acceptors (Lipinski definition) is 4. The van der Waals surface area contributed by atoms with Crippen LogP contribution in [0.4, 0.5) is 13.2 Å². The lowest BCUT2D eigenvalue weighted by Crippen LogP contribution is -2.14. The van der Waals surface area contributed by atoms with Gasteiger partial charge in [-0.05, 0) is 7.05 Å². The molecule has 0 bridgehead atoms. The fraction of sp³-hybridized carbons (Fsp3) is 0.462. The van der Waals surface area contributed by atoms with Gasteiger partial charge in [0.25, 0.3) is 0 Å². The van der Waals surface area contributed by atoms with Crippen molar-refractivity contribution in [3.05, 3.63) is 35.7 Å². The van der Waals surface area contributed by atoms with Gasteiger partial charge in [-0.25, -0.2) is 14.6 Å². The van der Waals surface area contributed by atoms with Crippen LogP contribution in [0.5, 0.6) is 0 Å². The number of rotatable bonds is 4. The molecule has 2 heterocycles. The van der Waals surface area contributed by atoms with E-state index < -0.39 is 11.7 Å². The molecule has 0 fully saturated rings. The monoisotopic (exact) mass is 299 g/mol. The van der Waals surface area contributed by atoms with Crippen molar-refractivity contribution in [3.63, 3.8) is 0 Å². The summed E-state index contributed by atoms with van der Waals surface area (Å²) in [4.78, 5) is 8.58. The Kier molecular flexibility index (Phi) is 4.26. The molecule has 0 aliphatic carbocycles. The van der Waals surface area contributed by atoms with Gasteiger partial charge in [0.05, 0.1) is 23.7 Å². The Balaban J connectivity index is 2.45. The first-order valence-electron chi connectivity index (χ1n) is 6.45. The molecule has 0 aromatic carbocycles. The third-order valence-electron chi connectivity index (χ3n) is 2.88. The highest BCUT2D eigenvalue weighted by Gasteiger charge is 2.32. The van der Waals surface area contributed by atoms with Crippen LogP contribution in [0.1, 0.15) is 36.8 Å². The molecule has 0 amide bonds. The molecular formula is C13H16F3N5. The van der Waals surface area contributed by atoms with Gasteiger partial charge in [0.15, 0.2) is 0 Å². The minimum absolute atomic E-state index is 0.137. The minimum Gasteiger partial charge on any atom is -0.314 e. The Bertz CT molecular complexity index is 619. The third kappa shape index (κ3) is 3.38. The second-order valence-corrected chi connectivity index (χ2v) is 4.92. The highest BCUT2D eigenvalue weighted by atomic mass is 19.4. The number of halogens is 3. The number of aromatic nitrogens is 4. The third-order valence-corrected chi connectivity index (χ3v) is 2.88. The van der Waals surface area contributed by atoms with E-state index in [4.69, 9.17) is 0 Å². The van der Waals surface area contributed by atoms with Crippen LogP contribution in [0.15, 0.2) is 18.6 Å². The summed E-state index contributed by atoms with van der Waals surface area (Å²) < 4.78 is 39.1. The number of nitrogens with zero attached hydrogens (tertiary/aromatic N) is 4. The summed E-state index contributed by atoms with van der Waals surface area (Å²) in [5, 5.41) is 6.70. The van der Waals surface area contributed by atoms with Crippen molar-refractivity contribution in [1.82, 2.24) is 25.1 Å². The van der Waals surface area contributed by atoms with E-state index >= 15 is 0 Å². The maximum atomic E-state index is 12.6. The molecule has 0 radical (unpaired) electrons. The Hall–Kier alpha value is -1.96. The molecule has 2 aromatic rings. The Labute approximate surface area is 120 Å². The van der Waals surface area contributed by atoms with Crippen LogP contribution in [0, 0.1) is 0 Å². The average Bonchev–Trinajstić information content (AvgIpc) is 2.88. The molecule has 0 spiro atoms. The molecule has 0 aliphatic rings. The first kappa shape index (κ1) is 15.4. The topological polar surface area (TPSA) is 55.6 Å². The van der Waals surface area contributed by atoms with Crippen molar-refractivity contribution in [1.29, 1.82) is 0 Å². The lowest BCUT2D eigenvalue weighted by molar-refractivity contribution is -0.137. The van der Waals surface area contributed by atoms with Gasteiger partial charge < -0.3 is 5.32 Å². The average molecular weight is 299 g/mol. The molecular weight excluding hydrogens is 283 g/mol. The standard InChI is InChI=1S/C13H16F3N5/c1-8(2)12-18-6-11(10(20-12)5-17-3)21-7-9(4-19-21)13(14,15)16/h4,6-8,17H,5H2,1-3H3. The van der Waals surface area contributed by atoms with Crippen LogP contribution in [0.2, 0.25) is 0 Å². The molecule has 0 saturated carbocycles. The van der Waals surface area contributed by atoms with Crippen molar-refractivity contribution in [3.8, 4) is 5.69 Å². The van der Waals surface area contributed by atoms with Gasteiger partial charge in [0.1, 0.15) is 11.5 Å². The van der Waals surface area contributed by atoms with Crippen LogP contribution >= 0.6 is 0 Å². The quantitative estimate of drug-likeness (QED) is 0.942. The zero-order valence-electron chi connectivity index (χ0n) is 11.9. The smallest absolute Gasteiger partial charge is 0.314 e. The molecule has 0 aliphatic heterocycles. The lowest BCUT2D eigenvalue weighted by Gasteiger charge is -2.11. The Morgan fingerprint density at radius 1 is 1.29 bits per heavy atom. The molecule has 2 rings (SSSR count). The zero-order valence-corrected chi connectivity index (χ0v) is 11.9. The first-order valence-corrected chi connectivity index (χ1v) is 6.45.